The first kappa shape index (κ1) is 24.3. The summed E-state index contributed by atoms with van der Waals surface area (Å²) in [5.74, 6) is 1.58. The van der Waals surface area contributed by atoms with Crippen LogP contribution in [-0.4, -0.2) is 48.2 Å². The third-order valence-corrected chi connectivity index (χ3v) is 5.95. The Kier molecular flexibility index (Phi) is 8.46. The van der Waals surface area contributed by atoms with Crippen LogP contribution in [0.1, 0.15) is 50.8 Å². The van der Waals surface area contributed by atoms with Crippen molar-refractivity contribution in [1.82, 2.24) is 14.9 Å². The number of rotatable bonds is 5. The van der Waals surface area contributed by atoms with E-state index in [4.69, 9.17) is 9.47 Å². The van der Waals surface area contributed by atoms with Gasteiger partial charge in [0.2, 0.25) is 0 Å². The fourth-order valence-corrected chi connectivity index (χ4v) is 4.11. The fourth-order valence-electron chi connectivity index (χ4n) is 4.11. The summed E-state index contributed by atoms with van der Waals surface area (Å²) in [6.07, 6.45) is 4.28. The molecule has 7 nitrogen and oxygen atoms in total. The van der Waals surface area contributed by atoms with Crippen LogP contribution < -0.4 is 14.8 Å². The van der Waals surface area contributed by atoms with Gasteiger partial charge < -0.3 is 19.7 Å². The number of ether oxygens (including phenoxy) is 2. The van der Waals surface area contributed by atoms with E-state index >= 15 is 0 Å². The number of amides is 2. The average molecular weight is 451 g/mol. The van der Waals surface area contributed by atoms with Gasteiger partial charge in [0.1, 0.15) is 6.33 Å². The summed E-state index contributed by atoms with van der Waals surface area (Å²) in [6, 6.07) is 11.8. The molecule has 2 heterocycles. The number of benzene rings is 2. The normalized spacial score (nSPS) is 13.8. The van der Waals surface area contributed by atoms with E-state index in [9.17, 15) is 4.79 Å². The topological polar surface area (TPSA) is 76.6 Å². The largest absolute Gasteiger partial charge is 0.493 e. The van der Waals surface area contributed by atoms with Crippen LogP contribution in [0.2, 0.25) is 0 Å². The molecule has 4 rings (SSSR count). The van der Waals surface area contributed by atoms with Gasteiger partial charge in [-0.15, -0.1) is 0 Å². The second kappa shape index (κ2) is 11.5. The predicted molar refractivity (Wildman–Crippen MR) is 132 cm³/mol. The van der Waals surface area contributed by atoms with E-state index in [-0.39, 0.29) is 11.9 Å². The number of hydrogen-bond donors (Lipinski definition) is 1. The standard InChI is InChI=1S/C24H28N4O3.C2H6/c1-4-16-5-7-18(8-6-16)27-24(29)28-11-9-17(10-12-28)23-19-13-21(30-2)22(31-3)14-20(19)25-15-26-23;1-2/h5-8,13-15,17H,4,9-12H2,1-3H3,(H,27,29);1-2H3. The van der Waals surface area contributed by atoms with Gasteiger partial charge in [0.05, 0.1) is 25.4 Å². The molecule has 33 heavy (non-hydrogen) atoms. The van der Waals surface area contributed by atoms with Gasteiger partial charge in [0, 0.05) is 36.1 Å². The maximum Gasteiger partial charge on any atom is 0.321 e. The fraction of sp³-hybridized carbons (Fsp3) is 0.423. The van der Waals surface area contributed by atoms with Crippen LogP contribution in [0.5, 0.6) is 11.5 Å². The first-order valence-electron chi connectivity index (χ1n) is 11.6. The summed E-state index contributed by atoms with van der Waals surface area (Å²) in [5.41, 5.74) is 3.91. The molecule has 0 saturated carbocycles. The molecule has 176 valence electrons. The van der Waals surface area contributed by atoms with Crippen molar-refractivity contribution in [3.05, 3.63) is 54.0 Å². The van der Waals surface area contributed by atoms with Crippen molar-refractivity contribution < 1.29 is 14.3 Å². The number of hydrogen-bond acceptors (Lipinski definition) is 5. The van der Waals surface area contributed by atoms with E-state index in [2.05, 4.69) is 22.2 Å². The maximum atomic E-state index is 12.7. The SMILES string of the molecule is CC.CCc1ccc(NC(=O)N2CCC(c3ncnc4cc(OC)c(OC)cc34)CC2)cc1. The van der Waals surface area contributed by atoms with Crippen molar-refractivity contribution in [1.29, 1.82) is 0 Å². The molecule has 0 unspecified atom stereocenters. The molecule has 1 aromatic heterocycles. The molecule has 1 aliphatic heterocycles. The van der Waals surface area contributed by atoms with E-state index < -0.39 is 0 Å². The number of methoxy groups -OCH3 is 2. The number of anilines is 1. The van der Waals surface area contributed by atoms with Crippen molar-refractivity contribution in [3.8, 4) is 11.5 Å². The molecule has 2 aromatic carbocycles. The molecule has 1 aliphatic rings. The third-order valence-electron chi connectivity index (χ3n) is 5.95. The molecule has 2 amide bonds. The minimum atomic E-state index is -0.0540. The van der Waals surface area contributed by atoms with Crippen LogP contribution in [0.3, 0.4) is 0 Å². The molecule has 1 saturated heterocycles. The summed E-state index contributed by atoms with van der Waals surface area (Å²) in [6.45, 7) is 7.48. The molecule has 3 aromatic rings. The molecule has 0 spiro atoms. The Labute approximate surface area is 196 Å². The smallest absolute Gasteiger partial charge is 0.321 e. The van der Waals surface area contributed by atoms with Gasteiger partial charge in [-0.25, -0.2) is 14.8 Å². The lowest BCUT2D eigenvalue weighted by atomic mass is 9.91. The maximum absolute atomic E-state index is 12.7. The highest BCUT2D eigenvalue weighted by molar-refractivity contribution is 5.89. The van der Waals surface area contributed by atoms with Crippen molar-refractivity contribution in [2.75, 3.05) is 32.6 Å². The van der Waals surface area contributed by atoms with Crippen LogP contribution in [0.25, 0.3) is 10.9 Å². The third kappa shape index (κ3) is 5.53. The number of fused-ring (bicyclic) bond motifs is 1. The number of carbonyl (C=O) groups excluding carboxylic acids is 1. The second-order valence-corrected chi connectivity index (χ2v) is 7.73. The lowest BCUT2D eigenvalue weighted by molar-refractivity contribution is 0.194. The van der Waals surface area contributed by atoms with E-state index in [1.807, 2.05) is 55.1 Å². The van der Waals surface area contributed by atoms with Crippen LogP contribution in [0.15, 0.2) is 42.7 Å². The molecule has 0 radical (unpaired) electrons. The van der Waals surface area contributed by atoms with Gasteiger partial charge in [0.25, 0.3) is 0 Å². The molecule has 1 fully saturated rings. The summed E-state index contributed by atoms with van der Waals surface area (Å²) >= 11 is 0. The summed E-state index contributed by atoms with van der Waals surface area (Å²) in [7, 11) is 3.24. The zero-order valence-electron chi connectivity index (χ0n) is 20.2. The highest BCUT2D eigenvalue weighted by Crippen LogP contribution is 2.36. The number of nitrogens with one attached hydrogen (secondary N) is 1. The Bertz CT molecular complexity index is 1060. The zero-order chi connectivity index (χ0) is 23.8. The van der Waals surface area contributed by atoms with Gasteiger partial charge in [-0.3, -0.25) is 0 Å². The van der Waals surface area contributed by atoms with Crippen molar-refractivity contribution in [2.45, 2.75) is 46.0 Å². The number of piperidine rings is 1. The monoisotopic (exact) mass is 450 g/mol. The zero-order valence-corrected chi connectivity index (χ0v) is 20.2. The number of likely N-dealkylation sites (tertiary alicyclic amines) is 1. The van der Waals surface area contributed by atoms with E-state index in [1.165, 1.54) is 5.56 Å². The highest BCUT2D eigenvalue weighted by atomic mass is 16.5. The van der Waals surface area contributed by atoms with Crippen LogP contribution >= 0.6 is 0 Å². The Hall–Kier alpha value is -3.35. The Morgan fingerprint density at radius 1 is 1.03 bits per heavy atom. The second-order valence-electron chi connectivity index (χ2n) is 7.73. The molecule has 0 bridgehead atoms. The van der Waals surface area contributed by atoms with E-state index in [0.717, 1.165) is 41.5 Å². The highest BCUT2D eigenvalue weighted by Gasteiger charge is 2.26. The lowest BCUT2D eigenvalue weighted by Gasteiger charge is -2.32. The number of urea groups is 1. The first-order valence-corrected chi connectivity index (χ1v) is 11.6. The lowest BCUT2D eigenvalue weighted by Crippen LogP contribution is -2.40. The molecule has 7 heteroatoms. The van der Waals surface area contributed by atoms with Gasteiger partial charge in [0.15, 0.2) is 11.5 Å². The molecule has 0 aliphatic carbocycles. The Morgan fingerprint density at radius 3 is 2.27 bits per heavy atom. The Morgan fingerprint density at radius 2 is 1.67 bits per heavy atom. The molecule has 1 N–H and O–H groups in total. The molecular formula is C26H34N4O3. The number of carbonyl (C=O) groups is 1. The summed E-state index contributed by atoms with van der Waals surface area (Å²) in [4.78, 5) is 23.6. The number of nitrogens with zero attached hydrogens (tertiary/aromatic N) is 3. The van der Waals surface area contributed by atoms with Crippen molar-refractivity contribution >= 4 is 22.6 Å². The van der Waals surface area contributed by atoms with Crippen LogP contribution in [-0.2, 0) is 6.42 Å². The van der Waals surface area contributed by atoms with Gasteiger partial charge >= 0.3 is 6.03 Å². The quantitative estimate of drug-likeness (QED) is 0.544. The first-order chi connectivity index (χ1) is 16.1. The van der Waals surface area contributed by atoms with Crippen molar-refractivity contribution in [2.24, 2.45) is 0 Å². The number of aryl methyl sites for hydroxylation is 1. The average Bonchev–Trinajstić information content (AvgIpc) is 2.89. The molecular weight excluding hydrogens is 416 g/mol. The predicted octanol–water partition coefficient (Wildman–Crippen LogP) is 5.65. The van der Waals surface area contributed by atoms with E-state index in [1.54, 1.807) is 20.5 Å². The Balaban J connectivity index is 0.00000149. The van der Waals surface area contributed by atoms with Gasteiger partial charge in [-0.1, -0.05) is 32.9 Å². The summed E-state index contributed by atoms with van der Waals surface area (Å²) < 4.78 is 10.9. The van der Waals surface area contributed by atoms with Gasteiger partial charge in [-0.05, 0) is 43.0 Å². The summed E-state index contributed by atoms with van der Waals surface area (Å²) in [5, 5.41) is 3.98. The van der Waals surface area contributed by atoms with Crippen molar-refractivity contribution in [3.63, 3.8) is 0 Å². The van der Waals surface area contributed by atoms with E-state index in [0.29, 0.717) is 24.6 Å². The van der Waals surface area contributed by atoms with Crippen LogP contribution in [0, 0.1) is 0 Å². The number of aromatic nitrogens is 2. The minimum Gasteiger partial charge on any atom is -0.493 e. The van der Waals surface area contributed by atoms with Crippen LogP contribution in [0.4, 0.5) is 10.5 Å². The minimum absolute atomic E-state index is 0.0540. The van der Waals surface area contributed by atoms with Gasteiger partial charge in [-0.2, -0.15) is 0 Å². The molecule has 0 atom stereocenters.